The molecule has 1 saturated carbocycles. The maximum atomic E-state index is 12.4. The van der Waals surface area contributed by atoms with Crippen LogP contribution in [0.4, 0.5) is 5.69 Å². The number of ether oxygens (including phenoxy) is 1. The van der Waals surface area contributed by atoms with Crippen LogP contribution in [0.15, 0.2) is 18.2 Å². The number of nitrogens with one attached hydrogen (secondary N) is 2. The molecule has 1 aliphatic carbocycles. The van der Waals surface area contributed by atoms with E-state index < -0.39 is 0 Å². The highest BCUT2D eigenvalue weighted by Gasteiger charge is 2.32. The lowest BCUT2D eigenvalue weighted by Crippen LogP contribution is -2.45. The smallest absolute Gasteiger partial charge is 0.262 e. The van der Waals surface area contributed by atoms with Crippen LogP contribution in [0.3, 0.4) is 0 Å². The van der Waals surface area contributed by atoms with Crippen LogP contribution in [0.2, 0.25) is 0 Å². The number of likely N-dealkylation sites (tertiary alicyclic amines) is 1. The van der Waals surface area contributed by atoms with Gasteiger partial charge in [-0.05, 0) is 43.9 Å². The molecule has 2 amide bonds. The monoisotopic (exact) mass is 315 g/mol. The quantitative estimate of drug-likeness (QED) is 0.884. The van der Waals surface area contributed by atoms with Gasteiger partial charge in [0.2, 0.25) is 0 Å². The SMILES string of the molecule is O=C1COc2cc(C(=O)NC3CCN(C4CC4)CC3)ccc2N1. The van der Waals surface area contributed by atoms with E-state index >= 15 is 0 Å². The maximum Gasteiger partial charge on any atom is 0.262 e. The minimum atomic E-state index is -0.169. The van der Waals surface area contributed by atoms with Gasteiger partial charge in [-0.15, -0.1) is 0 Å². The summed E-state index contributed by atoms with van der Waals surface area (Å²) in [5.74, 6) is 0.316. The molecule has 2 N–H and O–H groups in total. The third-order valence-corrected chi connectivity index (χ3v) is 4.80. The number of carbonyl (C=O) groups excluding carboxylic acids is 2. The van der Waals surface area contributed by atoms with E-state index in [2.05, 4.69) is 15.5 Å². The fourth-order valence-corrected chi connectivity index (χ4v) is 3.33. The molecule has 6 nitrogen and oxygen atoms in total. The van der Waals surface area contributed by atoms with E-state index in [0.717, 1.165) is 32.0 Å². The Hall–Kier alpha value is -2.08. The number of hydrogen-bond acceptors (Lipinski definition) is 4. The number of nitrogens with zero attached hydrogens (tertiary/aromatic N) is 1. The summed E-state index contributed by atoms with van der Waals surface area (Å²) in [5, 5.41) is 5.85. The van der Waals surface area contributed by atoms with Crippen molar-refractivity contribution in [2.24, 2.45) is 0 Å². The first-order valence-corrected chi connectivity index (χ1v) is 8.30. The summed E-state index contributed by atoms with van der Waals surface area (Å²) >= 11 is 0. The number of rotatable bonds is 3. The van der Waals surface area contributed by atoms with Crippen molar-refractivity contribution in [3.05, 3.63) is 23.8 Å². The van der Waals surface area contributed by atoms with E-state index in [9.17, 15) is 9.59 Å². The van der Waals surface area contributed by atoms with Gasteiger partial charge in [0.05, 0.1) is 5.69 Å². The van der Waals surface area contributed by atoms with Crippen molar-refractivity contribution in [3.8, 4) is 5.75 Å². The van der Waals surface area contributed by atoms with Gasteiger partial charge in [-0.3, -0.25) is 9.59 Å². The number of carbonyl (C=O) groups is 2. The first-order valence-electron chi connectivity index (χ1n) is 8.30. The topological polar surface area (TPSA) is 70.7 Å². The standard InChI is InChI=1S/C17H21N3O3/c21-16-10-23-15-9-11(1-4-14(15)19-16)17(22)18-12-5-7-20(8-6-12)13-2-3-13/h1,4,9,12-13H,2-3,5-8,10H2,(H,18,22)(H,19,21). The van der Waals surface area contributed by atoms with Gasteiger partial charge in [-0.25, -0.2) is 0 Å². The Bertz CT molecular complexity index is 634. The summed E-state index contributed by atoms with van der Waals surface area (Å²) in [4.78, 5) is 26.2. The average molecular weight is 315 g/mol. The Morgan fingerprint density at radius 3 is 2.74 bits per heavy atom. The third kappa shape index (κ3) is 3.17. The average Bonchev–Trinajstić information content (AvgIpc) is 3.40. The lowest BCUT2D eigenvalue weighted by Gasteiger charge is -2.32. The Morgan fingerprint density at radius 2 is 2.00 bits per heavy atom. The number of fused-ring (bicyclic) bond motifs is 1. The predicted octanol–water partition coefficient (Wildman–Crippen LogP) is 1.37. The molecule has 1 saturated heterocycles. The molecular formula is C17H21N3O3. The van der Waals surface area contributed by atoms with Gasteiger partial charge < -0.3 is 20.3 Å². The summed E-state index contributed by atoms with van der Waals surface area (Å²) in [6.45, 7) is 2.15. The first kappa shape index (κ1) is 14.5. The molecule has 4 rings (SSSR count). The number of amides is 2. The second-order valence-electron chi connectivity index (χ2n) is 6.56. The molecule has 2 fully saturated rings. The van der Waals surface area contributed by atoms with Gasteiger partial charge in [0.1, 0.15) is 5.75 Å². The summed E-state index contributed by atoms with van der Waals surface area (Å²) in [7, 11) is 0. The minimum absolute atomic E-state index is 0.00228. The molecule has 122 valence electrons. The van der Waals surface area contributed by atoms with E-state index in [-0.39, 0.29) is 24.5 Å². The molecule has 2 aliphatic heterocycles. The predicted molar refractivity (Wildman–Crippen MR) is 85.6 cm³/mol. The van der Waals surface area contributed by atoms with Crippen LogP contribution in [0.1, 0.15) is 36.0 Å². The highest BCUT2D eigenvalue weighted by molar-refractivity contribution is 5.99. The Balaban J connectivity index is 1.36. The van der Waals surface area contributed by atoms with Gasteiger partial charge in [0, 0.05) is 30.7 Å². The molecule has 0 unspecified atom stereocenters. The van der Waals surface area contributed by atoms with Crippen molar-refractivity contribution < 1.29 is 14.3 Å². The van der Waals surface area contributed by atoms with Gasteiger partial charge in [-0.2, -0.15) is 0 Å². The molecule has 1 aromatic rings. The molecule has 23 heavy (non-hydrogen) atoms. The summed E-state index contributed by atoms with van der Waals surface area (Å²) < 4.78 is 5.37. The zero-order chi connectivity index (χ0) is 15.8. The molecule has 3 aliphatic rings. The van der Waals surface area contributed by atoms with Gasteiger partial charge >= 0.3 is 0 Å². The van der Waals surface area contributed by atoms with Crippen molar-refractivity contribution in [3.63, 3.8) is 0 Å². The fraction of sp³-hybridized carbons (Fsp3) is 0.529. The van der Waals surface area contributed by atoms with Crippen LogP contribution in [0.25, 0.3) is 0 Å². The maximum absolute atomic E-state index is 12.4. The number of anilines is 1. The second-order valence-corrected chi connectivity index (χ2v) is 6.56. The van der Waals surface area contributed by atoms with E-state index in [1.807, 2.05) is 0 Å². The molecule has 0 radical (unpaired) electrons. The van der Waals surface area contributed by atoms with Gasteiger partial charge in [-0.1, -0.05) is 0 Å². The van der Waals surface area contributed by atoms with Crippen molar-refractivity contribution in [1.29, 1.82) is 0 Å². The van der Waals surface area contributed by atoms with Crippen LogP contribution in [0.5, 0.6) is 5.75 Å². The zero-order valence-corrected chi connectivity index (χ0v) is 13.0. The van der Waals surface area contributed by atoms with Crippen LogP contribution in [0, 0.1) is 0 Å². The van der Waals surface area contributed by atoms with Crippen LogP contribution in [-0.2, 0) is 4.79 Å². The lowest BCUT2D eigenvalue weighted by molar-refractivity contribution is -0.118. The highest BCUT2D eigenvalue weighted by Crippen LogP contribution is 2.30. The van der Waals surface area contributed by atoms with E-state index in [0.29, 0.717) is 17.0 Å². The first-order chi connectivity index (χ1) is 11.2. The summed E-state index contributed by atoms with van der Waals surface area (Å²) in [6.07, 6.45) is 4.70. The minimum Gasteiger partial charge on any atom is -0.482 e. The Morgan fingerprint density at radius 1 is 1.22 bits per heavy atom. The fourth-order valence-electron chi connectivity index (χ4n) is 3.33. The number of piperidine rings is 1. The van der Waals surface area contributed by atoms with E-state index in [4.69, 9.17) is 4.74 Å². The summed E-state index contributed by atoms with van der Waals surface area (Å²) in [5.41, 5.74) is 1.19. The van der Waals surface area contributed by atoms with Gasteiger partial charge in [0.25, 0.3) is 11.8 Å². The number of hydrogen-bond donors (Lipinski definition) is 2. The van der Waals surface area contributed by atoms with Crippen molar-refractivity contribution >= 4 is 17.5 Å². The largest absolute Gasteiger partial charge is 0.482 e. The molecule has 0 atom stereocenters. The number of benzene rings is 1. The molecule has 1 aromatic carbocycles. The van der Waals surface area contributed by atoms with Crippen molar-refractivity contribution in [2.75, 3.05) is 25.0 Å². The van der Waals surface area contributed by atoms with Crippen LogP contribution >= 0.6 is 0 Å². The third-order valence-electron chi connectivity index (χ3n) is 4.80. The van der Waals surface area contributed by atoms with E-state index in [1.165, 1.54) is 12.8 Å². The highest BCUT2D eigenvalue weighted by atomic mass is 16.5. The molecule has 0 bridgehead atoms. The van der Waals surface area contributed by atoms with Gasteiger partial charge in [0.15, 0.2) is 6.61 Å². The zero-order valence-electron chi connectivity index (χ0n) is 13.0. The lowest BCUT2D eigenvalue weighted by atomic mass is 10.0. The second kappa shape index (κ2) is 5.85. The van der Waals surface area contributed by atoms with Crippen LogP contribution in [-0.4, -0.2) is 48.5 Å². The van der Waals surface area contributed by atoms with Crippen molar-refractivity contribution in [1.82, 2.24) is 10.2 Å². The molecule has 6 heteroatoms. The summed E-state index contributed by atoms with van der Waals surface area (Å²) in [6, 6.07) is 6.19. The molecule has 0 spiro atoms. The normalized spacial score (nSPS) is 22.0. The van der Waals surface area contributed by atoms with Crippen molar-refractivity contribution in [2.45, 2.75) is 37.8 Å². The molecule has 2 heterocycles. The molecular weight excluding hydrogens is 294 g/mol. The Labute approximate surface area is 135 Å². The Kier molecular flexibility index (Phi) is 3.69. The van der Waals surface area contributed by atoms with Crippen LogP contribution < -0.4 is 15.4 Å². The van der Waals surface area contributed by atoms with E-state index in [1.54, 1.807) is 18.2 Å². The molecule has 0 aromatic heterocycles.